The smallest absolute Gasteiger partial charge is 0.0169 e. The molecule has 0 aromatic carbocycles. The van der Waals surface area contributed by atoms with Crippen molar-refractivity contribution in [3.63, 3.8) is 0 Å². The topological polar surface area (TPSA) is 0 Å². The Kier molecular flexibility index (Phi) is 13.5. The largest absolute Gasteiger partial charge is 0.103 e. The molecule has 0 N–H and O–H groups in total. The Balaban J connectivity index is 3.11. The highest BCUT2D eigenvalue weighted by atomic mass is 13.9. The van der Waals surface area contributed by atoms with E-state index in [9.17, 15) is 0 Å². The lowest BCUT2D eigenvalue weighted by atomic mass is 10.1. The number of hydrogen-bond acceptors (Lipinski definition) is 0. The summed E-state index contributed by atoms with van der Waals surface area (Å²) >= 11 is 0. The minimum absolute atomic E-state index is 0.974. The van der Waals surface area contributed by atoms with Crippen LogP contribution in [0.5, 0.6) is 0 Å². The predicted octanol–water partition coefficient (Wildman–Crippen LogP) is 5.82. The van der Waals surface area contributed by atoms with Gasteiger partial charge in [0.05, 0.1) is 0 Å². The van der Waals surface area contributed by atoms with Crippen LogP contribution < -0.4 is 0 Å². The van der Waals surface area contributed by atoms with Gasteiger partial charge in [-0.3, -0.25) is 0 Å². The zero-order valence-corrected chi connectivity index (χ0v) is 11.0. The van der Waals surface area contributed by atoms with Crippen molar-refractivity contribution in [2.75, 3.05) is 0 Å². The molecule has 0 aromatic rings. The molecule has 0 bridgehead atoms. The monoisotopic (exact) mass is 220 g/mol. The first-order valence-corrected chi connectivity index (χ1v) is 6.84. The van der Waals surface area contributed by atoms with Gasteiger partial charge in [-0.1, -0.05) is 75.8 Å². The maximum absolute atomic E-state index is 3.67. The van der Waals surface area contributed by atoms with Crippen molar-refractivity contribution in [3.8, 4) is 0 Å². The van der Waals surface area contributed by atoms with Crippen LogP contribution in [0.3, 0.4) is 0 Å². The van der Waals surface area contributed by atoms with Gasteiger partial charge in [0.25, 0.3) is 0 Å². The Bertz CT molecular complexity index is 186. The lowest BCUT2D eigenvalue weighted by Gasteiger charge is -1.98. The summed E-state index contributed by atoms with van der Waals surface area (Å²) in [6.45, 7) is 5.94. The average Bonchev–Trinajstić information content (AvgIpc) is 2.31. The van der Waals surface area contributed by atoms with Gasteiger partial charge in [0, 0.05) is 0 Å². The Hall–Kier alpha value is -0.780. The third kappa shape index (κ3) is 13.2. The molecule has 0 rings (SSSR count). The summed E-state index contributed by atoms with van der Waals surface area (Å²) in [6.07, 6.45) is 22.6. The summed E-state index contributed by atoms with van der Waals surface area (Å²) in [5, 5.41) is 0. The summed E-state index contributed by atoms with van der Waals surface area (Å²) in [7, 11) is 0. The molecule has 0 saturated heterocycles. The highest BCUT2D eigenvalue weighted by Gasteiger charge is 1.88. The van der Waals surface area contributed by atoms with Crippen molar-refractivity contribution in [3.05, 3.63) is 37.0 Å². The van der Waals surface area contributed by atoms with E-state index >= 15 is 0 Å². The van der Waals surface area contributed by atoms with E-state index in [4.69, 9.17) is 0 Å². The quantitative estimate of drug-likeness (QED) is 0.234. The lowest BCUT2D eigenvalue weighted by molar-refractivity contribution is 0.592. The molecule has 0 atom stereocenters. The van der Waals surface area contributed by atoms with Gasteiger partial charge < -0.3 is 0 Å². The van der Waals surface area contributed by atoms with Gasteiger partial charge in [-0.15, -0.1) is 6.58 Å². The summed E-state index contributed by atoms with van der Waals surface area (Å²) in [4.78, 5) is 0. The van der Waals surface area contributed by atoms with E-state index in [-0.39, 0.29) is 0 Å². The first-order chi connectivity index (χ1) is 7.91. The third-order valence-electron chi connectivity index (χ3n) is 2.66. The van der Waals surface area contributed by atoms with Crippen molar-refractivity contribution in [2.24, 2.45) is 0 Å². The van der Waals surface area contributed by atoms with Crippen LogP contribution in [0.2, 0.25) is 0 Å². The fourth-order valence-electron chi connectivity index (χ4n) is 1.65. The van der Waals surface area contributed by atoms with E-state index in [1.54, 1.807) is 0 Å². The van der Waals surface area contributed by atoms with E-state index in [1.807, 2.05) is 6.08 Å². The average molecular weight is 220 g/mol. The first-order valence-electron chi connectivity index (χ1n) is 6.84. The molecule has 0 aromatic heterocycles. The molecule has 92 valence electrons. The van der Waals surface area contributed by atoms with Crippen LogP contribution in [-0.4, -0.2) is 0 Å². The van der Waals surface area contributed by atoms with Gasteiger partial charge in [-0.2, -0.15) is 0 Å². The third-order valence-corrected chi connectivity index (χ3v) is 2.66. The van der Waals surface area contributed by atoms with Gasteiger partial charge in [0.1, 0.15) is 0 Å². The fraction of sp³-hybridized carbons (Fsp3) is 0.625. The summed E-state index contributed by atoms with van der Waals surface area (Å²) in [6, 6.07) is 0. The molecule has 0 fully saturated rings. The van der Waals surface area contributed by atoms with E-state index in [0.29, 0.717) is 0 Å². The van der Waals surface area contributed by atoms with Crippen molar-refractivity contribution in [1.29, 1.82) is 0 Å². The molecule has 0 aliphatic heterocycles. The molecule has 0 unspecified atom stereocenters. The highest BCUT2D eigenvalue weighted by Crippen LogP contribution is 2.08. The van der Waals surface area contributed by atoms with Gasteiger partial charge in [0.15, 0.2) is 0 Å². The van der Waals surface area contributed by atoms with Crippen LogP contribution in [0.1, 0.15) is 64.7 Å². The van der Waals surface area contributed by atoms with Crippen LogP contribution >= 0.6 is 0 Å². The number of hydrogen-bond donors (Lipinski definition) is 0. The van der Waals surface area contributed by atoms with Gasteiger partial charge in [-0.25, -0.2) is 0 Å². The molecule has 0 saturated carbocycles. The Morgan fingerprint density at radius 3 is 2.12 bits per heavy atom. The van der Waals surface area contributed by atoms with Crippen LogP contribution in [-0.2, 0) is 0 Å². The molecule has 0 spiro atoms. The lowest BCUT2D eigenvalue weighted by Crippen LogP contribution is -1.78. The molecule has 0 radical (unpaired) electrons. The SMILES string of the molecule is C=CC/C=C/C=C/CCCCCCCCC. The molecular formula is C16H28. The van der Waals surface area contributed by atoms with Gasteiger partial charge in [-0.05, 0) is 19.3 Å². The second-order valence-corrected chi connectivity index (χ2v) is 4.29. The predicted molar refractivity (Wildman–Crippen MR) is 75.7 cm³/mol. The summed E-state index contributed by atoms with van der Waals surface area (Å²) in [5.74, 6) is 0. The standard InChI is InChI=1S/C16H28/c1-3-5-7-9-11-13-15-16-14-12-10-8-6-4-2/h3,7,9,11,13H,1,4-6,8,10,12,14-16H2,2H3/b9-7+,13-11+. The van der Waals surface area contributed by atoms with Crippen molar-refractivity contribution < 1.29 is 0 Å². The Labute approximate surface area is 102 Å². The minimum Gasteiger partial charge on any atom is -0.103 e. The van der Waals surface area contributed by atoms with Crippen molar-refractivity contribution in [2.45, 2.75) is 64.7 Å². The maximum atomic E-state index is 3.67. The normalized spacial score (nSPS) is 11.6. The minimum atomic E-state index is 0.974. The Morgan fingerprint density at radius 2 is 1.44 bits per heavy atom. The molecule has 0 nitrogen and oxygen atoms in total. The second-order valence-electron chi connectivity index (χ2n) is 4.29. The molecule has 0 aliphatic rings. The second kappa shape index (κ2) is 14.2. The Morgan fingerprint density at radius 1 is 0.812 bits per heavy atom. The maximum Gasteiger partial charge on any atom is -0.0169 e. The first kappa shape index (κ1) is 15.2. The van der Waals surface area contributed by atoms with Gasteiger partial charge >= 0.3 is 0 Å². The van der Waals surface area contributed by atoms with Crippen LogP contribution in [0.4, 0.5) is 0 Å². The highest BCUT2D eigenvalue weighted by molar-refractivity contribution is 5.03. The number of allylic oxidation sites excluding steroid dienone is 5. The molecule has 16 heavy (non-hydrogen) atoms. The number of unbranched alkanes of at least 4 members (excludes halogenated alkanes) is 7. The van der Waals surface area contributed by atoms with Crippen LogP contribution in [0, 0.1) is 0 Å². The van der Waals surface area contributed by atoms with Gasteiger partial charge in [0.2, 0.25) is 0 Å². The zero-order chi connectivity index (χ0) is 11.9. The van der Waals surface area contributed by atoms with Crippen molar-refractivity contribution in [1.82, 2.24) is 0 Å². The molecule has 0 aliphatic carbocycles. The zero-order valence-electron chi connectivity index (χ0n) is 11.0. The van der Waals surface area contributed by atoms with E-state index < -0.39 is 0 Å². The summed E-state index contributed by atoms with van der Waals surface area (Å²) < 4.78 is 0. The molecule has 0 amide bonds. The fourth-order valence-corrected chi connectivity index (χ4v) is 1.65. The van der Waals surface area contributed by atoms with Crippen molar-refractivity contribution >= 4 is 0 Å². The summed E-state index contributed by atoms with van der Waals surface area (Å²) in [5.41, 5.74) is 0. The molecule has 0 heteroatoms. The van der Waals surface area contributed by atoms with Crippen LogP contribution in [0.25, 0.3) is 0 Å². The van der Waals surface area contributed by atoms with E-state index in [1.165, 1.54) is 51.4 Å². The van der Waals surface area contributed by atoms with E-state index in [0.717, 1.165) is 6.42 Å². The van der Waals surface area contributed by atoms with Crippen LogP contribution in [0.15, 0.2) is 37.0 Å². The van der Waals surface area contributed by atoms with E-state index in [2.05, 4.69) is 37.8 Å². The number of rotatable bonds is 11. The molecular weight excluding hydrogens is 192 g/mol. The molecule has 0 heterocycles.